The SMILES string of the molecule is Cc1ccc(Cl)cc1NCc1cccc(O)c1O. The van der Waals surface area contributed by atoms with Crippen LogP contribution in [0.5, 0.6) is 11.5 Å². The van der Waals surface area contributed by atoms with Crippen molar-refractivity contribution in [2.24, 2.45) is 0 Å². The summed E-state index contributed by atoms with van der Waals surface area (Å²) in [4.78, 5) is 0. The van der Waals surface area contributed by atoms with Gasteiger partial charge in [-0.25, -0.2) is 0 Å². The lowest BCUT2D eigenvalue weighted by molar-refractivity contribution is 0.400. The summed E-state index contributed by atoms with van der Waals surface area (Å²) < 4.78 is 0. The van der Waals surface area contributed by atoms with Gasteiger partial charge in [-0.3, -0.25) is 0 Å². The van der Waals surface area contributed by atoms with Crippen molar-refractivity contribution in [2.45, 2.75) is 13.5 Å². The van der Waals surface area contributed by atoms with Crippen molar-refractivity contribution >= 4 is 17.3 Å². The van der Waals surface area contributed by atoms with Crippen molar-refractivity contribution < 1.29 is 10.2 Å². The average molecular weight is 264 g/mol. The molecule has 0 saturated heterocycles. The summed E-state index contributed by atoms with van der Waals surface area (Å²) in [7, 11) is 0. The van der Waals surface area contributed by atoms with Gasteiger partial charge in [0.05, 0.1) is 0 Å². The largest absolute Gasteiger partial charge is 0.504 e. The molecule has 0 aliphatic rings. The van der Waals surface area contributed by atoms with E-state index in [1.807, 2.05) is 25.1 Å². The van der Waals surface area contributed by atoms with Crippen LogP contribution >= 0.6 is 11.6 Å². The molecule has 0 amide bonds. The third-order valence-corrected chi connectivity index (χ3v) is 3.00. The fourth-order valence-electron chi connectivity index (χ4n) is 1.70. The predicted molar refractivity (Wildman–Crippen MR) is 73.3 cm³/mol. The van der Waals surface area contributed by atoms with E-state index >= 15 is 0 Å². The number of nitrogens with one attached hydrogen (secondary N) is 1. The first-order valence-electron chi connectivity index (χ1n) is 5.58. The first-order valence-corrected chi connectivity index (χ1v) is 5.95. The fraction of sp³-hybridized carbons (Fsp3) is 0.143. The fourth-order valence-corrected chi connectivity index (χ4v) is 1.87. The third kappa shape index (κ3) is 2.68. The Kier molecular flexibility index (Phi) is 3.63. The van der Waals surface area contributed by atoms with Gasteiger partial charge in [-0.05, 0) is 30.7 Å². The normalized spacial score (nSPS) is 10.3. The molecular weight excluding hydrogens is 250 g/mol. The molecule has 0 atom stereocenters. The number of aryl methyl sites for hydroxylation is 1. The molecule has 18 heavy (non-hydrogen) atoms. The van der Waals surface area contributed by atoms with Crippen LogP contribution in [0.2, 0.25) is 5.02 Å². The Morgan fingerprint density at radius 3 is 2.72 bits per heavy atom. The first kappa shape index (κ1) is 12.6. The van der Waals surface area contributed by atoms with Crippen LogP contribution in [0.4, 0.5) is 5.69 Å². The maximum atomic E-state index is 9.68. The molecule has 2 aromatic carbocycles. The molecule has 94 valence electrons. The number of halogens is 1. The van der Waals surface area contributed by atoms with E-state index in [0.29, 0.717) is 17.1 Å². The van der Waals surface area contributed by atoms with Crippen LogP contribution in [0.3, 0.4) is 0 Å². The second-order valence-electron chi connectivity index (χ2n) is 4.10. The van der Waals surface area contributed by atoms with Crippen molar-refractivity contribution in [1.29, 1.82) is 0 Å². The lowest BCUT2D eigenvalue weighted by Crippen LogP contribution is -2.01. The van der Waals surface area contributed by atoms with Gasteiger partial charge in [-0.2, -0.15) is 0 Å². The number of phenols is 2. The minimum atomic E-state index is -0.114. The second-order valence-corrected chi connectivity index (χ2v) is 4.53. The molecule has 0 heterocycles. The number of rotatable bonds is 3. The molecular formula is C14H14ClNO2. The van der Waals surface area contributed by atoms with Crippen LogP contribution in [0, 0.1) is 6.92 Å². The molecule has 0 fully saturated rings. The van der Waals surface area contributed by atoms with Crippen molar-refractivity contribution in [1.82, 2.24) is 0 Å². The van der Waals surface area contributed by atoms with E-state index < -0.39 is 0 Å². The zero-order valence-electron chi connectivity index (χ0n) is 9.94. The third-order valence-electron chi connectivity index (χ3n) is 2.77. The van der Waals surface area contributed by atoms with Crippen LogP contribution in [-0.2, 0) is 6.54 Å². The van der Waals surface area contributed by atoms with E-state index in [9.17, 15) is 10.2 Å². The zero-order chi connectivity index (χ0) is 13.1. The van der Waals surface area contributed by atoms with Gasteiger partial charge in [0, 0.05) is 22.8 Å². The van der Waals surface area contributed by atoms with Crippen LogP contribution in [0.15, 0.2) is 36.4 Å². The Hall–Kier alpha value is -1.87. The minimum Gasteiger partial charge on any atom is -0.504 e. The van der Waals surface area contributed by atoms with Crippen LogP contribution in [0.1, 0.15) is 11.1 Å². The summed E-state index contributed by atoms with van der Waals surface area (Å²) in [5.74, 6) is -0.207. The highest BCUT2D eigenvalue weighted by Gasteiger charge is 2.06. The van der Waals surface area contributed by atoms with E-state index in [2.05, 4.69) is 5.32 Å². The first-order chi connectivity index (χ1) is 8.58. The van der Waals surface area contributed by atoms with E-state index in [-0.39, 0.29) is 11.5 Å². The summed E-state index contributed by atoms with van der Waals surface area (Å²) >= 11 is 5.93. The number of para-hydroxylation sites is 1. The van der Waals surface area contributed by atoms with Gasteiger partial charge in [0.25, 0.3) is 0 Å². The summed E-state index contributed by atoms with van der Waals surface area (Å²) in [6.45, 7) is 2.39. The molecule has 4 heteroatoms. The summed E-state index contributed by atoms with van der Waals surface area (Å²) in [6, 6.07) is 10.5. The van der Waals surface area contributed by atoms with Crippen LogP contribution in [0.25, 0.3) is 0 Å². The van der Waals surface area contributed by atoms with Crippen molar-refractivity contribution in [2.75, 3.05) is 5.32 Å². The van der Waals surface area contributed by atoms with Gasteiger partial charge in [0.15, 0.2) is 11.5 Å². The highest BCUT2D eigenvalue weighted by Crippen LogP contribution is 2.29. The molecule has 0 aliphatic carbocycles. The molecule has 2 aromatic rings. The minimum absolute atomic E-state index is 0.0929. The maximum Gasteiger partial charge on any atom is 0.162 e. The van der Waals surface area contributed by atoms with Gasteiger partial charge in [-0.15, -0.1) is 0 Å². The smallest absolute Gasteiger partial charge is 0.162 e. The number of hydrogen-bond acceptors (Lipinski definition) is 3. The summed E-state index contributed by atoms with van der Waals surface area (Å²) in [6.07, 6.45) is 0. The molecule has 0 unspecified atom stereocenters. The quantitative estimate of drug-likeness (QED) is 0.741. The zero-order valence-corrected chi connectivity index (χ0v) is 10.7. The van der Waals surface area contributed by atoms with Gasteiger partial charge in [0.2, 0.25) is 0 Å². The molecule has 0 saturated carbocycles. The molecule has 3 nitrogen and oxygen atoms in total. The molecule has 0 aliphatic heterocycles. The number of aromatic hydroxyl groups is 2. The van der Waals surface area contributed by atoms with Crippen LogP contribution < -0.4 is 5.32 Å². The Labute approximate surface area is 111 Å². The van der Waals surface area contributed by atoms with Gasteiger partial charge >= 0.3 is 0 Å². The summed E-state index contributed by atoms with van der Waals surface area (Å²) in [5, 5.41) is 22.9. The van der Waals surface area contributed by atoms with E-state index in [0.717, 1.165) is 11.3 Å². The lowest BCUT2D eigenvalue weighted by atomic mass is 10.1. The molecule has 0 aromatic heterocycles. The number of benzene rings is 2. The lowest BCUT2D eigenvalue weighted by Gasteiger charge is -2.11. The van der Waals surface area contributed by atoms with E-state index in [1.165, 1.54) is 6.07 Å². The van der Waals surface area contributed by atoms with Crippen molar-refractivity contribution in [3.05, 3.63) is 52.5 Å². The molecule has 0 spiro atoms. The molecule has 2 rings (SSSR count). The highest BCUT2D eigenvalue weighted by atomic mass is 35.5. The van der Waals surface area contributed by atoms with E-state index in [1.54, 1.807) is 12.1 Å². The number of anilines is 1. The van der Waals surface area contributed by atoms with Crippen LogP contribution in [-0.4, -0.2) is 10.2 Å². The topological polar surface area (TPSA) is 52.5 Å². The Morgan fingerprint density at radius 2 is 1.94 bits per heavy atom. The molecule has 0 bridgehead atoms. The Balaban J connectivity index is 2.16. The number of phenolic OH excluding ortho intramolecular Hbond substituents is 2. The van der Waals surface area contributed by atoms with E-state index in [4.69, 9.17) is 11.6 Å². The summed E-state index contributed by atoms with van der Waals surface area (Å²) in [5.41, 5.74) is 2.61. The second kappa shape index (κ2) is 5.19. The number of hydrogen-bond donors (Lipinski definition) is 3. The average Bonchev–Trinajstić information content (AvgIpc) is 2.35. The Morgan fingerprint density at radius 1 is 1.17 bits per heavy atom. The molecule has 3 N–H and O–H groups in total. The standard InChI is InChI=1S/C14H14ClNO2/c1-9-5-6-11(15)7-12(9)16-8-10-3-2-4-13(17)14(10)18/h2-7,16-18H,8H2,1H3. The predicted octanol–water partition coefficient (Wildman–Crippen LogP) is 3.67. The van der Waals surface area contributed by atoms with Crippen molar-refractivity contribution in [3.8, 4) is 11.5 Å². The van der Waals surface area contributed by atoms with Crippen molar-refractivity contribution in [3.63, 3.8) is 0 Å². The maximum absolute atomic E-state index is 9.68. The molecule has 0 radical (unpaired) electrons. The van der Waals surface area contributed by atoms with Gasteiger partial charge in [0.1, 0.15) is 0 Å². The van der Waals surface area contributed by atoms with Gasteiger partial charge < -0.3 is 15.5 Å². The monoisotopic (exact) mass is 263 g/mol. The highest BCUT2D eigenvalue weighted by molar-refractivity contribution is 6.30. The Bertz CT molecular complexity index is 568. The van der Waals surface area contributed by atoms with Gasteiger partial charge in [-0.1, -0.05) is 29.8 Å².